The van der Waals surface area contributed by atoms with Gasteiger partial charge in [0.25, 0.3) is 0 Å². The van der Waals surface area contributed by atoms with E-state index in [4.69, 9.17) is 0 Å². The van der Waals surface area contributed by atoms with E-state index in [9.17, 15) is 0 Å². The second-order valence-corrected chi connectivity index (χ2v) is 9.26. The van der Waals surface area contributed by atoms with Crippen LogP contribution in [0.5, 0.6) is 0 Å². The molecule has 1 nitrogen and oxygen atoms in total. The molecule has 0 aromatic heterocycles. The van der Waals surface area contributed by atoms with Gasteiger partial charge in [0.1, 0.15) is 0 Å². The van der Waals surface area contributed by atoms with Gasteiger partial charge in [0.2, 0.25) is 0 Å². The molecule has 0 bridgehead atoms. The van der Waals surface area contributed by atoms with Gasteiger partial charge in [0, 0.05) is 5.75 Å². The zero-order valence-electron chi connectivity index (χ0n) is 14.4. The molecular formula is C16H36BNS. The van der Waals surface area contributed by atoms with Gasteiger partial charge in [0.05, 0.1) is 0 Å². The van der Waals surface area contributed by atoms with Gasteiger partial charge in [-0.2, -0.15) is 11.8 Å². The highest BCUT2D eigenvalue weighted by molar-refractivity contribution is 7.99. The largest absolute Gasteiger partial charge is 0.361 e. The van der Waals surface area contributed by atoms with Crippen LogP contribution in [0.3, 0.4) is 0 Å². The van der Waals surface area contributed by atoms with E-state index >= 15 is 0 Å². The van der Waals surface area contributed by atoms with Gasteiger partial charge in [0.15, 0.2) is 7.98 Å². The van der Waals surface area contributed by atoms with Crippen LogP contribution in [-0.4, -0.2) is 26.0 Å². The maximum atomic E-state index is 3.21. The molecule has 0 aliphatic heterocycles. The van der Waals surface area contributed by atoms with Crippen molar-refractivity contribution >= 4 is 19.7 Å². The van der Waals surface area contributed by atoms with Crippen LogP contribution in [0.2, 0.25) is 0 Å². The third-order valence-corrected chi connectivity index (χ3v) is 4.69. The summed E-state index contributed by atoms with van der Waals surface area (Å²) in [5.41, 5.74) is 0.991. The van der Waals surface area contributed by atoms with Gasteiger partial charge in [-0.3, -0.25) is 0 Å². The van der Waals surface area contributed by atoms with E-state index in [1.165, 1.54) is 37.2 Å². The van der Waals surface area contributed by atoms with Crippen molar-refractivity contribution in [3.8, 4) is 0 Å². The summed E-state index contributed by atoms with van der Waals surface area (Å²) in [6.45, 7) is 15.5. The lowest BCUT2D eigenvalue weighted by atomic mass is 9.78. The normalized spacial score (nSPS) is 14.6. The minimum absolute atomic E-state index is 0.488. The van der Waals surface area contributed by atoms with Crippen LogP contribution in [0.15, 0.2) is 0 Å². The van der Waals surface area contributed by atoms with Crippen LogP contribution < -0.4 is 5.23 Å². The Kier molecular flexibility index (Phi) is 9.52. The van der Waals surface area contributed by atoms with Gasteiger partial charge in [-0.05, 0) is 48.3 Å². The molecule has 0 rings (SSSR count). The Labute approximate surface area is 127 Å². The fraction of sp³-hybridized carbons (Fsp3) is 1.00. The van der Waals surface area contributed by atoms with E-state index in [0.717, 1.165) is 12.5 Å². The molecule has 0 saturated heterocycles. The second kappa shape index (κ2) is 9.34. The Morgan fingerprint density at radius 1 is 1.05 bits per heavy atom. The Bertz CT molecular complexity index is 223. The molecule has 0 saturated carbocycles. The van der Waals surface area contributed by atoms with E-state index in [1.807, 2.05) is 7.98 Å². The second-order valence-electron chi connectivity index (χ2n) is 8.04. The quantitative estimate of drug-likeness (QED) is 0.478. The summed E-state index contributed by atoms with van der Waals surface area (Å²) >= 11 is 2.09. The van der Waals surface area contributed by atoms with Crippen molar-refractivity contribution in [1.82, 2.24) is 5.23 Å². The molecule has 0 aliphatic carbocycles. The molecule has 0 aliphatic rings. The zero-order valence-corrected chi connectivity index (χ0v) is 15.3. The van der Waals surface area contributed by atoms with Crippen molar-refractivity contribution in [3.63, 3.8) is 0 Å². The fourth-order valence-electron chi connectivity index (χ4n) is 2.45. The van der Waals surface area contributed by atoms with Crippen LogP contribution in [0.1, 0.15) is 67.2 Å². The first-order valence-corrected chi connectivity index (χ1v) is 9.04. The van der Waals surface area contributed by atoms with Crippen molar-refractivity contribution in [2.45, 2.75) is 67.2 Å². The van der Waals surface area contributed by atoms with Gasteiger partial charge in [-0.15, -0.1) is 0 Å². The third kappa shape index (κ3) is 13.1. The maximum Gasteiger partial charge on any atom is 0.181 e. The molecule has 0 radical (unpaired) electrons. The van der Waals surface area contributed by atoms with Crippen LogP contribution in [0.25, 0.3) is 0 Å². The van der Waals surface area contributed by atoms with Gasteiger partial charge in [-0.1, -0.05) is 48.0 Å². The minimum Gasteiger partial charge on any atom is -0.361 e. The third-order valence-electron chi connectivity index (χ3n) is 3.71. The number of hydrogen-bond donors (Lipinski definition) is 1. The van der Waals surface area contributed by atoms with E-state index in [2.05, 4.69) is 58.5 Å². The summed E-state index contributed by atoms with van der Waals surface area (Å²) in [4.78, 5) is 0. The van der Waals surface area contributed by atoms with E-state index < -0.39 is 0 Å². The summed E-state index contributed by atoms with van der Waals surface area (Å²) in [5.74, 6) is 3.41. The summed E-state index contributed by atoms with van der Waals surface area (Å²) < 4.78 is 0. The lowest BCUT2D eigenvalue weighted by Gasteiger charge is -2.29. The molecule has 0 fully saturated rings. The van der Waals surface area contributed by atoms with Gasteiger partial charge < -0.3 is 5.23 Å². The predicted octanol–water partition coefficient (Wildman–Crippen LogP) is 4.13. The molecule has 114 valence electrons. The molecule has 0 aromatic carbocycles. The van der Waals surface area contributed by atoms with Crippen molar-refractivity contribution in [2.75, 3.05) is 18.1 Å². The summed E-state index contributed by atoms with van der Waals surface area (Å²) in [5, 5.41) is 3.21. The highest BCUT2D eigenvalue weighted by Crippen LogP contribution is 2.34. The highest BCUT2D eigenvalue weighted by atomic mass is 32.2. The van der Waals surface area contributed by atoms with E-state index in [-0.39, 0.29) is 0 Å². The Morgan fingerprint density at radius 2 is 1.68 bits per heavy atom. The van der Waals surface area contributed by atoms with Crippen LogP contribution in [0, 0.1) is 16.7 Å². The first kappa shape index (κ1) is 19.4. The lowest BCUT2D eigenvalue weighted by molar-refractivity contribution is 0.237. The molecule has 0 aromatic rings. The molecule has 3 heteroatoms. The minimum atomic E-state index is 0.488. The molecular weight excluding hydrogens is 249 g/mol. The Hall–Kier alpha value is 0.375. The van der Waals surface area contributed by atoms with Gasteiger partial charge in [-0.25, -0.2) is 0 Å². The molecule has 0 spiro atoms. The number of rotatable bonds is 10. The number of thioether (sulfide) groups is 1. The molecule has 1 atom stereocenters. The molecule has 1 N–H and O–H groups in total. The summed E-state index contributed by atoms with van der Waals surface area (Å²) in [7, 11) is 2.03. The Morgan fingerprint density at radius 3 is 2.21 bits per heavy atom. The average Bonchev–Trinajstić information content (AvgIpc) is 2.24. The van der Waals surface area contributed by atoms with Crippen molar-refractivity contribution in [3.05, 3.63) is 0 Å². The van der Waals surface area contributed by atoms with Gasteiger partial charge >= 0.3 is 0 Å². The first-order valence-electron chi connectivity index (χ1n) is 7.89. The average molecular weight is 285 g/mol. The summed E-state index contributed by atoms with van der Waals surface area (Å²) in [6, 6.07) is 0. The first-order chi connectivity index (χ1) is 8.66. The summed E-state index contributed by atoms with van der Waals surface area (Å²) in [6.07, 6.45) is 5.44. The standard InChI is InChI=1S/C16H36BNS/c1-14(7-8-15(2,3)4)13-16(5,6)9-11-19-12-10-18-17/h14,18H,7-13,17H2,1-6H3. The van der Waals surface area contributed by atoms with Crippen molar-refractivity contribution < 1.29 is 0 Å². The lowest BCUT2D eigenvalue weighted by Crippen LogP contribution is -2.18. The highest BCUT2D eigenvalue weighted by Gasteiger charge is 2.22. The maximum absolute atomic E-state index is 3.21. The molecule has 1 unspecified atom stereocenters. The number of hydrogen-bond acceptors (Lipinski definition) is 2. The number of nitrogens with one attached hydrogen (secondary N) is 1. The smallest absolute Gasteiger partial charge is 0.181 e. The SMILES string of the molecule is BNCCSCCC(C)(C)CC(C)CCC(C)(C)C. The monoisotopic (exact) mass is 285 g/mol. The van der Waals surface area contributed by atoms with Crippen LogP contribution >= 0.6 is 11.8 Å². The van der Waals surface area contributed by atoms with Crippen molar-refractivity contribution in [2.24, 2.45) is 16.7 Å². The van der Waals surface area contributed by atoms with Crippen molar-refractivity contribution in [1.29, 1.82) is 0 Å². The van der Waals surface area contributed by atoms with Crippen LogP contribution in [0.4, 0.5) is 0 Å². The topological polar surface area (TPSA) is 12.0 Å². The zero-order chi connectivity index (χ0) is 14.9. The molecule has 0 amide bonds. The molecule has 19 heavy (non-hydrogen) atoms. The Balaban J connectivity index is 3.80. The van der Waals surface area contributed by atoms with E-state index in [0.29, 0.717) is 10.8 Å². The van der Waals surface area contributed by atoms with E-state index in [1.54, 1.807) is 0 Å². The van der Waals surface area contributed by atoms with Crippen LogP contribution in [-0.2, 0) is 0 Å². The molecule has 0 heterocycles. The fourth-order valence-corrected chi connectivity index (χ4v) is 3.70. The predicted molar refractivity (Wildman–Crippen MR) is 94.7 cm³/mol.